The Morgan fingerprint density at radius 3 is 2.43 bits per heavy atom. The van der Waals surface area contributed by atoms with Crippen molar-refractivity contribution in [3.05, 3.63) is 0 Å². The fourth-order valence-corrected chi connectivity index (χ4v) is 8.51. The monoisotopic (exact) mass is 318 g/mol. The predicted octanol–water partition coefficient (Wildman–Crippen LogP) is 2.26. The average molecular weight is 319 g/mol. The van der Waals surface area contributed by atoms with Crippen molar-refractivity contribution in [2.75, 3.05) is 13.1 Å². The van der Waals surface area contributed by atoms with E-state index in [1.54, 1.807) is 32.1 Å². The van der Waals surface area contributed by atoms with Crippen molar-refractivity contribution < 1.29 is 10.6 Å². The molecule has 5 fully saturated rings. The van der Waals surface area contributed by atoms with E-state index in [-0.39, 0.29) is 0 Å². The minimum atomic E-state index is 0.563. The molecule has 0 aromatic carbocycles. The van der Waals surface area contributed by atoms with Gasteiger partial charge in [-0.15, -0.1) is 0 Å². The second-order valence-corrected chi connectivity index (χ2v) is 10.7. The van der Waals surface area contributed by atoms with Gasteiger partial charge < -0.3 is 0 Å². The second kappa shape index (κ2) is 4.97. The van der Waals surface area contributed by atoms with Crippen molar-refractivity contribution in [3.63, 3.8) is 0 Å². The van der Waals surface area contributed by atoms with E-state index in [0.29, 0.717) is 11.1 Å². The molecule has 1 saturated heterocycles. The summed E-state index contributed by atoms with van der Waals surface area (Å²) in [6.45, 7) is 8.09. The normalized spacial score (nSPS) is 54.5. The molecule has 6 atom stereocenters. The third-order valence-corrected chi connectivity index (χ3v) is 9.87. The zero-order chi connectivity index (χ0) is 15.7. The third kappa shape index (κ3) is 2.06. The van der Waals surface area contributed by atoms with E-state index in [1.807, 2.05) is 0 Å². The molecule has 5 rings (SSSR count). The van der Waals surface area contributed by atoms with Crippen LogP contribution in [0.15, 0.2) is 0 Å². The van der Waals surface area contributed by atoms with Crippen molar-refractivity contribution in [1.82, 2.24) is 0 Å². The lowest BCUT2D eigenvalue weighted by atomic mass is 9.44. The molecule has 4 saturated carbocycles. The zero-order valence-electron chi connectivity index (χ0n) is 15.4. The maximum absolute atomic E-state index is 2.73. The highest BCUT2D eigenvalue weighted by Gasteiger charge is 2.61. The lowest BCUT2D eigenvalue weighted by Crippen LogP contribution is -3.12. The summed E-state index contributed by atoms with van der Waals surface area (Å²) >= 11 is 0. The van der Waals surface area contributed by atoms with Crippen LogP contribution >= 0.6 is 0 Å². The molecular weight excluding hydrogens is 280 g/mol. The Morgan fingerprint density at radius 1 is 0.783 bits per heavy atom. The van der Waals surface area contributed by atoms with Gasteiger partial charge in [0.05, 0.1) is 12.8 Å². The topological polar surface area (TPSA) is 33.2 Å². The number of fused-ring (bicyclic) bond motifs is 5. The van der Waals surface area contributed by atoms with Crippen LogP contribution in [-0.2, 0) is 0 Å². The first-order valence-electron chi connectivity index (χ1n) is 10.7. The van der Waals surface area contributed by atoms with E-state index in [1.165, 1.54) is 45.2 Å². The molecule has 4 N–H and O–H groups in total. The highest BCUT2D eigenvalue weighted by atomic mass is 15.3. The van der Waals surface area contributed by atoms with Gasteiger partial charge in [-0.05, 0) is 79.4 Å². The van der Waals surface area contributed by atoms with Gasteiger partial charge in [0.15, 0.2) is 0 Å². The molecule has 1 aliphatic heterocycles. The van der Waals surface area contributed by atoms with Gasteiger partial charge in [-0.25, -0.2) is 0 Å². The predicted molar refractivity (Wildman–Crippen MR) is 92.7 cm³/mol. The summed E-state index contributed by atoms with van der Waals surface area (Å²) in [6.07, 6.45) is 15.4. The minimum absolute atomic E-state index is 0.563. The second-order valence-electron chi connectivity index (χ2n) is 10.7. The van der Waals surface area contributed by atoms with Crippen molar-refractivity contribution >= 4 is 0 Å². The molecule has 0 bridgehead atoms. The maximum atomic E-state index is 2.73. The fraction of sp³-hybridized carbons (Fsp3) is 1.00. The average Bonchev–Trinajstić information content (AvgIpc) is 3.15. The molecule has 4 aliphatic carbocycles. The molecule has 0 amide bonds. The smallest absolute Gasteiger partial charge is 0.220 e. The Hall–Kier alpha value is -0.0800. The van der Waals surface area contributed by atoms with E-state index >= 15 is 0 Å². The molecule has 0 aromatic rings. The lowest BCUT2D eigenvalue weighted by Gasteiger charge is -2.60. The zero-order valence-corrected chi connectivity index (χ0v) is 15.4. The molecule has 0 radical (unpaired) electrons. The van der Waals surface area contributed by atoms with Crippen LogP contribution in [0.2, 0.25) is 0 Å². The van der Waals surface area contributed by atoms with Crippen molar-refractivity contribution in [2.45, 2.75) is 83.7 Å². The van der Waals surface area contributed by atoms with Crippen LogP contribution in [0.4, 0.5) is 0 Å². The summed E-state index contributed by atoms with van der Waals surface area (Å²) in [7, 11) is 0. The highest BCUT2D eigenvalue weighted by Crippen LogP contribution is 2.66. The quantitative estimate of drug-likeness (QED) is 0.687. The van der Waals surface area contributed by atoms with Crippen LogP contribution in [0, 0.1) is 34.5 Å². The summed E-state index contributed by atoms with van der Waals surface area (Å²) in [5, 5.41) is 5.40. The van der Waals surface area contributed by atoms with Gasteiger partial charge in [-0.2, -0.15) is 0 Å². The van der Waals surface area contributed by atoms with Gasteiger partial charge in [-0.3, -0.25) is 10.6 Å². The van der Waals surface area contributed by atoms with Crippen LogP contribution in [0.5, 0.6) is 0 Å². The van der Waals surface area contributed by atoms with E-state index in [2.05, 4.69) is 24.5 Å². The Labute approximate surface area is 142 Å². The van der Waals surface area contributed by atoms with Crippen LogP contribution < -0.4 is 10.6 Å². The number of rotatable bonds is 0. The molecule has 0 unspecified atom stereocenters. The molecule has 2 nitrogen and oxygen atoms in total. The minimum Gasteiger partial charge on any atom is -0.290 e. The molecule has 130 valence electrons. The van der Waals surface area contributed by atoms with E-state index in [0.717, 1.165) is 29.1 Å². The van der Waals surface area contributed by atoms with Gasteiger partial charge in [0.25, 0.3) is 0 Å². The van der Waals surface area contributed by atoms with Gasteiger partial charge in [0.2, 0.25) is 5.66 Å². The van der Waals surface area contributed by atoms with Crippen LogP contribution in [-0.4, -0.2) is 18.8 Å². The van der Waals surface area contributed by atoms with Gasteiger partial charge in [-0.1, -0.05) is 20.3 Å². The van der Waals surface area contributed by atoms with E-state index in [9.17, 15) is 0 Å². The Morgan fingerprint density at radius 2 is 1.61 bits per heavy atom. The highest BCUT2D eigenvalue weighted by molar-refractivity contribution is 5.07. The molecule has 23 heavy (non-hydrogen) atoms. The fourth-order valence-electron chi connectivity index (χ4n) is 8.51. The number of nitrogens with two attached hydrogens (primary N) is 2. The number of quaternary nitrogens is 2. The first-order valence-corrected chi connectivity index (χ1v) is 10.7. The molecule has 1 heterocycles. The molecular formula is C21H38N2+2. The number of hydrogen-bond acceptors (Lipinski definition) is 0. The van der Waals surface area contributed by atoms with Crippen LogP contribution in [0.3, 0.4) is 0 Å². The van der Waals surface area contributed by atoms with Crippen molar-refractivity contribution in [1.29, 1.82) is 0 Å². The largest absolute Gasteiger partial charge is 0.290 e. The molecule has 5 aliphatic rings. The SMILES string of the molecule is C[C@]12CCC[C@@H]1[C@@H]1CC[C@@H]3CC4(CC[C@]3(C)[C@@H]1CC2)[NH2+]CC[NH2+]4. The maximum Gasteiger partial charge on any atom is 0.220 e. The summed E-state index contributed by atoms with van der Waals surface area (Å²) in [4.78, 5) is 0. The first kappa shape index (κ1) is 15.2. The van der Waals surface area contributed by atoms with E-state index < -0.39 is 0 Å². The van der Waals surface area contributed by atoms with Crippen molar-refractivity contribution in [2.24, 2.45) is 34.5 Å². The summed E-state index contributed by atoms with van der Waals surface area (Å²) < 4.78 is 0. The van der Waals surface area contributed by atoms with Crippen LogP contribution in [0.1, 0.15) is 78.1 Å². The van der Waals surface area contributed by atoms with Gasteiger partial charge in [0, 0.05) is 0 Å². The summed E-state index contributed by atoms with van der Waals surface area (Å²) in [5.41, 5.74) is 1.98. The van der Waals surface area contributed by atoms with Gasteiger partial charge >= 0.3 is 0 Å². The lowest BCUT2D eigenvalue weighted by molar-refractivity contribution is -0.891. The Balaban J connectivity index is 1.41. The Kier molecular flexibility index (Phi) is 3.29. The number of hydrogen-bond donors (Lipinski definition) is 2. The van der Waals surface area contributed by atoms with E-state index in [4.69, 9.17) is 0 Å². The van der Waals surface area contributed by atoms with Crippen molar-refractivity contribution in [3.8, 4) is 0 Å². The summed E-state index contributed by atoms with van der Waals surface area (Å²) in [6, 6.07) is 0. The third-order valence-electron chi connectivity index (χ3n) is 9.87. The molecule has 1 spiro atoms. The first-order chi connectivity index (χ1) is 11.0. The molecule has 2 heteroatoms. The van der Waals surface area contributed by atoms with Crippen LogP contribution in [0.25, 0.3) is 0 Å². The Bertz CT molecular complexity index is 482. The van der Waals surface area contributed by atoms with Gasteiger partial charge in [0.1, 0.15) is 13.1 Å². The summed E-state index contributed by atoms with van der Waals surface area (Å²) in [5.74, 6) is 4.26. The standard InChI is InChI=1S/C21H36N2/c1-19-8-3-4-17(19)16-6-5-15-14-21(22-12-13-23-21)11-10-20(15,2)18(16)7-9-19/h15-18,22-23H,3-14H2,1-2H3/p+2/t15-,16+,17-,18-,19-,20+/m1/s1. The molecule has 0 aromatic heterocycles.